The van der Waals surface area contributed by atoms with Crippen LogP contribution in [0.25, 0.3) is 11.1 Å². The smallest absolute Gasteiger partial charge is 0.231 e. The summed E-state index contributed by atoms with van der Waals surface area (Å²) in [4.78, 5) is 2.54. The maximum Gasteiger partial charge on any atom is 0.231 e. The molecule has 0 aliphatic carbocycles. The highest BCUT2D eigenvalue weighted by Crippen LogP contribution is 2.57. The van der Waals surface area contributed by atoms with Crippen LogP contribution in [0.15, 0.2) is 48.5 Å². The summed E-state index contributed by atoms with van der Waals surface area (Å²) in [5.74, 6) is 3.89. The number of methoxy groups -OCH3 is 2. The Kier molecular flexibility index (Phi) is 5.39. The van der Waals surface area contributed by atoms with Gasteiger partial charge in [0, 0.05) is 30.4 Å². The normalized spacial score (nSPS) is 19.0. The maximum absolute atomic E-state index is 6.36. The van der Waals surface area contributed by atoms with Crippen molar-refractivity contribution in [2.24, 2.45) is 0 Å². The lowest BCUT2D eigenvalue weighted by atomic mass is 9.74. The van der Waals surface area contributed by atoms with Crippen LogP contribution in [-0.2, 0) is 5.41 Å². The molecule has 6 nitrogen and oxygen atoms in total. The van der Waals surface area contributed by atoms with Crippen LogP contribution >= 0.6 is 0 Å². The second kappa shape index (κ2) is 8.59. The summed E-state index contributed by atoms with van der Waals surface area (Å²) in [7, 11) is 3.34. The maximum atomic E-state index is 6.36. The van der Waals surface area contributed by atoms with Crippen molar-refractivity contribution in [2.45, 2.75) is 31.6 Å². The third-order valence-corrected chi connectivity index (χ3v) is 7.51. The van der Waals surface area contributed by atoms with Gasteiger partial charge in [-0.1, -0.05) is 38.0 Å². The fourth-order valence-corrected chi connectivity index (χ4v) is 5.83. The van der Waals surface area contributed by atoms with Crippen LogP contribution in [0.3, 0.4) is 0 Å². The van der Waals surface area contributed by atoms with Gasteiger partial charge in [-0.2, -0.15) is 0 Å². The van der Waals surface area contributed by atoms with Crippen molar-refractivity contribution in [1.82, 2.24) is 0 Å². The molecule has 182 valence electrons. The van der Waals surface area contributed by atoms with Gasteiger partial charge < -0.3 is 28.6 Å². The van der Waals surface area contributed by atoms with Gasteiger partial charge in [0.05, 0.1) is 19.6 Å². The van der Waals surface area contributed by atoms with Crippen molar-refractivity contribution in [3.63, 3.8) is 0 Å². The Morgan fingerprint density at radius 1 is 0.886 bits per heavy atom. The highest BCUT2D eigenvalue weighted by molar-refractivity contribution is 5.83. The highest BCUT2D eigenvalue weighted by atomic mass is 16.7. The lowest BCUT2D eigenvalue weighted by molar-refractivity contribution is 0.173. The molecule has 0 N–H and O–H groups in total. The summed E-state index contributed by atoms with van der Waals surface area (Å²) in [6.07, 6.45) is 3.59. The van der Waals surface area contributed by atoms with Crippen LogP contribution in [0.5, 0.6) is 28.7 Å². The largest absolute Gasteiger partial charge is 0.493 e. The van der Waals surface area contributed by atoms with E-state index in [1.807, 2.05) is 12.1 Å². The quantitative estimate of drug-likeness (QED) is 0.405. The van der Waals surface area contributed by atoms with Gasteiger partial charge in [-0.15, -0.1) is 0 Å². The number of fused-ring (bicyclic) bond motifs is 5. The molecule has 0 fully saturated rings. The van der Waals surface area contributed by atoms with Crippen LogP contribution in [-0.4, -0.2) is 40.7 Å². The molecule has 1 atom stereocenters. The Bertz CT molecular complexity index is 1270. The van der Waals surface area contributed by atoms with E-state index in [0.717, 1.165) is 47.4 Å². The van der Waals surface area contributed by atoms with E-state index in [4.69, 9.17) is 23.7 Å². The number of anilines is 1. The molecular weight excluding hydrogens is 442 g/mol. The number of hydrogen-bond donors (Lipinski definition) is 0. The fraction of sp³-hybridized carbons (Fsp3) is 0.379. The second-order valence-corrected chi connectivity index (χ2v) is 9.47. The van der Waals surface area contributed by atoms with Crippen LogP contribution < -0.4 is 28.6 Å². The first-order valence-electron chi connectivity index (χ1n) is 12.4. The molecule has 1 unspecified atom stereocenters. The first kappa shape index (κ1) is 22.0. The molecule has 6 heteroatoms. The van der Waals surface area contributed by atoms with Crippen LogP contribution in [0, 0.1) is 0 Å². The minimum absolute atomic E-state index is 0.252. The van der Waals surface area contributed by atoms with E-state index >= 15 is 0 Å². The Labute approximate surface area is 206 Å². The average Bonchev–Trinajstić information content (AvgIpc) is 3.59. The summed E-state index contributed by atoms with van der Waals surface area (Å²) in [5.41, 5.74) is 5.76. The molecule has 3 aromatic carbocycles. The lowest BCUT2D eigenvalue weighted by Gasteiger charge is -2.26. The minimum atomic E-state index is -0.290. The number of ether oxygens (including phenoxy) is 5. The summed E-state index contributed by atoms with van der Waals surface area (Å²) >= 11 is 0. The van der Waals surface area contributed by atoms with Gasteiger partial charge >= 0.3 is 0 Å². The zero-order chi connectivity index (χ0) is 24.0. The van der Waals surface area contributed by atoms with Crippen LogP contribution in [0.4, 0.5) is 5.69 Å². The van der Waals surface area contributed by atoms with Gasteiger partial charge in [-0.05, 0) is 47.4 Å². The van der Waals surface area contributed by atoms with Gasteiger partial charge in [0.25, 0.3) is 0 Å². The van der Waals surface area contributed by atoms with E-state index in [-0.39, 0.29) is 12.2 Å². The van der Waals surface area contributed by atoms with E-state index in [9.17, 15) is 0 Å². The zero-order valence-electron chi connectivity index (χ0n) is 20.6. The first-order chi connectivity index (χ1) is 17.2. The van der Waals surface area contributed by atoms with Gasteiger partial charge in [0.15, 0.2) is 23.0 Å². The van der Waals surface area contributed by atoms with Crippen LogP contribution in [0.1, 0.15) is 37.3 Å². The molecule has 0 radical (unpaired) electrons. The molecule has 0 saturated carbocycles. The topological polar surface area (TPSA) is 49.4 Å². The first-order valence-corrected chi connectivity index (χ1v) is 12.4. The predicted octanol–water partition coefficient (Wildman–Crippen LogP) is 5.79. The second-order valence-electron chi connectivity index (χ2n) is 9.47. The molecule has 3 aliphatic rings. The Hall–Kier alpha value is -3.54. The summed E-state index contributed by atoms with van der Waals surface area (Å²) in [6.45, 7) is 4.99. The Balaban J connectivity index is 1.53. The number of unbranched alkanes of at least 4 members (excludes halogenated alkanes) is 2. The summed E-state index contributed by atoms with van der Waals surface area (Å²) < 4.78 is 28.9. The van der Waals surface area contributed by atoms with Gasteiger partial charge in [0.2, 0.25) is 6.79 Å². The monoisotopic (exact) mass is 473 g/mol. The average molecular weight is 474 g/mol. The molecule has 0 bridgehead atoms. The van der Waals surface area contributed by atoms with Crippen molar-refractivity contribution in [3.05, 3.63) is 59.7 Å². The molecule has 35 heavy (non-hydrogen) atoms. The molecule has 1 spiro atoms. The molecular formula is C29H31NO5. The number of nitrogens with zero attached hydrogens (tertiary/aromatic N) is 1. The third kappa shape index (κ3) is 3.38. The predicted molar refractivity (Wildman–Crippen MR) is 136 cm³/mol. The molecule has 0 saturated heterocycles. The number of benzene rings is 3. The van der Waals surface area contributed by atoms with Crippen molar-refractivity contribution < 1.29 is 23.7 Å². The summed E-state index contributed by atoms with van der Waals surface area (Å²) in [6, 6.07) is 16.9. The molecule has 0 aromatic heterocycles. The molecule has 6 rings (SSSR count). The fourth-order valence-electron chi connectivity index (χ4n) is 5.83. The summed E-state index contributed by atoms with van der Waals surface area (Å²) in [5, 5.41) is 0. The molecule has 3 aromatic rings. The SMILES string of the molecule is CCCCCN1CC2(COc3cc4c(cc32)OCO4)c2c(-c3ccc(OC)c(OC)c3)cccc21. The van der Waals surface area contributed by atoms with Crippen molar-refractivity contribution in [1.29, 1.82) is 0 Å². The van der Waals surface area contributed by atoms with Gasteiger partial charge in [-0.3, -0.25) is 0 Å². The van der Waals surface area contributed by atoms with E-state index in [0.29, 0.717) is 6.61 Å². The van der Waals surface area contributed by atoms with Crippen LogP contribution in [0.2, 0.25) is 0 Å². The van der Waals surface area contributed by atoms with Crippen molar-refractivity contribution in [2.75, 3.05) is 45.6 Å². The van der Waals surface area contributed by atoms with E-state index in [1.165, 1.54) is 41.6 Å². The van der Waals surface area contributed by atoms with E-state index in [1.54, 1.807) is 14.2 Å². The van der Waals surface area contributed by atoms with E-state index in [2.05, 4.69) is 48.2 Å². The van der Waals surface area contributed by atoms with Crippen molar-refractivity contribution in [3.8, 4) is 39.9 Å². The van der Waals surface area contributed by atoms with Gasteiger partial charge in [-0.25, -0.2) is 0 Å². The Morgan fingerprint density at radius 2 is 1.71 bits per heavy atom. The van der Waals surface area contributed by atoms with Crippen molar-refractivity contribution >= 4 is 5.69 Å². The molecule has 0 amide bonds. The van der Waals surface area contributed by atoms with Gasteiger partial charge in [0.1, 0.15) is 12.4 Å². The Morgan fingerprint density at radius 3 is 2.51 bits per heavy atom. The standard InChI is InChI=1S/C29H31NO5/c1-4-5-6-12-30-16-29(17-33-24-15-27-26(14-21(24)29)34-18-35-27)28-20(8-7-9-22(28)30)19-10-11-23(31-2)25(13-19)32-3/h7-11,13-15H,4-6,12,16-18H2,1-3H3. The molecule has 3 heterocycles. The molecule has 3 aliphatic heterocycles. The minimum Gasteiger partial charge on any atom is -0.493 e. The lowest BCUT2D eigenvalue weighted by Crippen LogP contribution is -2.36. The highest BCUT2D eigenvalue weighted by Gasteiger charge is 2.51. The van der Waals surface area contributed by atoms with E-state index < -0.39 is 0 Å². The zero-order valence-corrected chi connectivity index (χ0v) is 20.6. The number of rotatable bonds is 7. The number of hydrogen-bond acceptors (Lipinski definition) is 6. The third-order valence-electron chi connectivity index (χ3n) is 7.51.